The van der Waals surface area contributed by atoms with E-state index in [1.807, 2.05) is 99.6 Å². The minimum absolute atomic E-state index is 0.0278. The minimum Gasteiger partial charge on any atom is -0.352 e. The summed E-state index contributed by atoms with van der Waals surface area (Å²) >= 11 is 7.61. The monoisotopic (exact) mass is 522 g/mol. The van der Waals surface area contributed by atoms with Crippen LogP contribution in [0, 0.1) is 6.92 Å². The highest BCUT2D eigenvalue weighted by atomic mass is 35.5. The first kappa shape index (κ1) is 27.8. The molecule has 0 radical (unpaired) electrons. The zero-order valence-corrected chi connectivity index (χ0v) is 22.8. The Kier molecular flexibility index (Phi) is 10.9. The molecule has 0 aliphatic carbocycles. The van der Waals surface area contributed by atoms with Crippen LogP contribution < -0.4 is 5.32 Å². The van der Waals surface area contributed by atoms with Crippen molar-refractivity contribution in [3.63, 3.8) is 0 Å². The third kappa shape index (κ3) is 8.42. The van der Waals surface area contributed by atoms with Gasteiger partial charge in [0, 0.05) is 41.1 Å². The fraction of sp³-hybridized carbons (Fsp3) is 0.333. The van der Waals surface area contributed by atoms with E-state index in [0.29, 0.717) is 30.2 Å². The fourth-order valence-electron chi connectivity index (χ4n) is 3.90. The topological polar surface area (TPSA) is 49.4 Å². The highest BCUT2D eigenvalue weighted by molar-refractivity contribution is 7.99. The second-order valence-electron chi connectivity index (χ2n) is 9.02. The van der Waals surface area contributed by atoms with Crippen LogP contribution in [0.25, 0.3) is 0 Å². The summed E-state index contributed by atoms with van der Waals surface area (Å²) in [5.41, 5.74) is 3.18. The van der Waals surface area contributed by atoms with E-state index < -0.39 is 6.04 Å². The molecule has 4 nitrogen and oxygen atoms in total. The van der Waals surface area contributed by atoms with Crippen molar-refractivity contribution in [3.8, 4) is 0 Å². The van der Waals surface area contributed by atoms with Crippen LogP contribution in [0.3, 0.4) is 0 Å². The highest BCUT2D eigenvalue weighted by Gasteiger charge is 2.31. The Morgan fingerprint density at radius 1 is 0.972 bits per heavy atom. The number of carbonyl (C=O) groups is 2. The van der Waals surface area contributed by atoms with Crippen molar-refractivity contribution >= 4 is 35.2 Å². The molecule has 0 fully saturated rings. The number of nitrogens with zero attached hydrogens (tertiary/aromatic N) is 1. The number of hydrogen-bond donors (Lipinski definition) is 1. The molecule has 2 atom stereocenters. The summed E-state index contributed by atoms with van der Waals surface area (Å²) in [6, 6.07) is 25.0. The van der Waals surface area contributed by atoms with E-state index in [4.69, 9.17) is 11.6 Å². The van der Waals surface area contributed by atoms with Gasteiger partial charge in [-0.25, -0.2) is 0 Å². The molecule has 2 amide bonds. The van der Waals surface area contributed by atoms with E-state index >= 15 is 0 Å². The third-order valence-corrected chi connectivity index (χ3v) is 7.54. The van der Waals surface area contributed by atoms with Crippen molar-refractivity contribution < 1.29 is 9.59 Å². The van der Waals surface area contributed by atoms with E-state index in [9.17, 15) is 9.59 Å². The molecule has 0 bridgehead atoms. The quantitative estimate of drug-likeness (QED) is 0.270. The lowest BCUT2D eigenvalue weighted by molar-refractivity contribution is -0.141. The summed E-state index contributed by atoms with van der Waals surface area (Å²) in [7, 11) is 0. The normalized spacial score (nSPS) is 12.6. The molecular formula is C30H35ClN2O2S. The molecule has 0 spiro atoms. The SMILES string of the molecule is CC[C@H](C)NC(=O)[C@H](Cc1ccccc1)N(Cc1ccccc1C)C(=O)CCSc1ccc(Cl)cc1. The van der Waals surface area contributed by atoms with Crippen molar-refractivity contribution in [2.75, 3.05) is 5.75 Å². The van der Waals surface area contributed by atoms with Gasteiger partial charge in [-0.05, 0) is 61.2 Å². The molecule has 3 aromatic rings. The second kappa shape index (κ2) is 14.1. The largest absolute Gasteiger partial charge is 0.352 e. The Bertz CT molecular complexity index is 1120. The van der Waals surface area contributed by atoms with Gasteiger partial charge in [-0.2, -0.15) is 0 Å². The van der Waals surface area contributed by atoms with Crippen LogP contribution in [0.5, 0.6) is 0 Å². The third-order valence-electron chi connectivity index (χ3n) is 6.27. The van der Waals surface area contributed by atoms with Gasteiger partial charge in [-0.3, -0.25) is 9.59 Å². The number of thioether (sulfide) groups is 1. The molecule has 36 heavy (non-hydrogen) atoms. The number of carbonyl (C=O) groups excluding carboxylic acids is 2. The lowest BCUT2D eigenvalue weighted by Crippen LogP contribution is -2.52. The highest BCUT2D eigenvalue weighted by Crippen LogP contribution is 2.23. The molecule has 190 valence electrons. The van der Waals surface area contributed by atoms with Gasteiger partial charge in [0.05, 0.1) is 0 Å². The van der Waals surface area contributed by atoms with Crippen LogP contribution in [-0.4, -0.2) is 34.6 Å². The predicted molar refractivity (Wildman–Crippen MR) is 150 cm³/mol. The number of benzene rings is 3. The fourth-order valence-corrected chi connectivity index (χ4v) is 4.86. The number of amides is 2. The van der Waals surface area contributed by atoms with E-state index in [1.54, 1.807) is 16.7 Å². The lowest BCUT2D eigenvalue weighted by Gasteiger charge is -2.32. The number of aryl methyl sites for hydroxylation is 1. The smallest absolute Gasteiger partial charge is 0.243 e. The summed E-state index contributed by atoms with van der Waals surface area (Å²) in [6.07, 6.45) is 1.62. The molecule has 3 rings (SSSR count). The van der Waals surface area contributed by atoms with E-state index in [0.717, 1.165) is 28.0 Å². The molecule has 1 N–H and O–H groups in total. The number of halogens is 1. The van der Waals surface area contributed by atoms with Gasteiger partial charge < -0.3 is 10.2 Å². The summed E-state index contributed by atoms with van der Waals surface area (Å²) in [6.45, 7) is 6.47. The first-order chi connectivity index (χ1) is 17.4. The van der Waals surface area contributed by atoms with Crippen LogP contribution >= 0.6 is 23.4 Å². The van der Waals surface area contributed by atoms with Crippen molar-refractivity contribution in [1.82, 2.24) is 10.2 Å². The van der Waals surface area contributed by atoms with Crippen LogP contribution in [0.4, 0.5) is 0 Å². The summed E-state index contributed by atoms with van der Waals surface area (Å²) in [5, 5.41) is 3.81. The molecule has 6 heteroatoms. The second-order valence-corrected chi connectivity index (χ2v) is 10.6. The Morgan fingerprint density at radius 2 is 1.64 bits per heavy atom. The Labute approximate surface area is 224 Å². The summed E-state index contributed by atoms with van der Waals surface area (Å²) in [5.74, 6) is 0.482. The van der Waals surface area contributed by atoms with Gasteiger partial charge in [0.1, 0.15) is 6.04 Å². The molecule has 0 unspecified atom stereocenters. The van der Waals surface area contributed by atoms with Gasteiger partial charge in [0.25, 0.3) is 0 Å². The zero-order valence-electron chi connectivity index (χ0n) is 21.2. The van der Waals surface area contributed by atoms with E-state index in [1.165, 1.54) is 0 Å². The van der Waals surface area contributed by atoms with Crippen molar-refractivity contribution in [2.45, 2.75) is 63.6 Å². The van der Waals surface area contributed by atoms with Gasteiger partial charge in [0.2, 0.25) is 11.8 Å². The predicted octanol–water partition coefficient (Wildman–Crippen LogP) is 6.69. The van der Waals surface area contributed by atoms with E-state index in [2.05, 4.69) is 5.32 Å². The molecule has 0 saturated carbocycles. The van der Waals surface area contributed by atoms with Crippen LogP contribution in [-0.2, 0) is 22.6 Å². The van der Waals surface area contributed by atoms with Crippen molar-refractivity contribution in [1.29, 1.82) is 0 Å². The number of hydrogen-bond acceptors (Lipinski definition) is 3. The molecular weight excluding hydrogens is 488 g/mol. The average Bonchev–Trinajstić information content (AvgIpc) is 2.88. The first-order valence-corrected chi connectivity index (χ1v) is 13.8. The maximum Gasteiger partial charge on any atom is 0.243 e. The Hall–Kier alpha value is -2.76. The van der Waals surface area contributed by atoms with Gasteiger partial charge in [-0.15, -0.1) is 11.8 Å². The summed E-state index contributed by atoms with van der Waals surface area (Å²) in [4.78, 5) is 30.1. The molecule has 0 saturated heterocycles. The minimum atomic E-state index is -0.603. The molecule has 0 heterocycles. The van der Waals surface area contributed by atoms with Crippen LogP contribution in [0.15, 0.2) is 83.8 Å². The first-order valence-electron chi connectivity index (χ1n) is 12.4. The number of rotatable bonds is 12. The van der Waals surface area contributed by atoms with Crippen molar-refractivity contribution in [2.24, 2.45) is 0 Å². The molecule has 0 aliphatic heterocycles. The Morgan fingerprint density at radius 3 is 2.31 bits per heavy atom. The summed E-state index contributed by atoms with van der Waals surface area (Å²) < 4.78 is 0. The molecule has 0 aliphatic rings. The van der Waals surface area contributed by atoms with Gasteiger partial charge in [-0.1, -0.05) is 73.1 Å². The van der Waals surface area contributed by atoms with E-state index in [-0.39, 0.29) is 17.9 Å². The number of nitrogens with one attached hydrogen (secondary N) is 1. The maximum absolute atomic E-state index is 13.7. The van der Waals surface area contributed by atoms with Crippen molar-refractivity contribution in [3.05, 3.63) is 101 Å². The maximum atomic E-state index is 13.7. The van der Waals surface area contributed by atoms with Crippen LogP contribution in [0.2, 0.25) is 5.02 Å². The van der Waals surface area contributed by atoms with Gasteiger partial charge in [0.15, 0.2) is 0 Å². The van der Waals surface area contributed by atoms with Gasteiger partial charge >= 0.3 is 0 Å². The van der Waals surface area contributed by atoms with Crippen LogP contribution in [0.1, 0.15) is 43.4 Å². The standard InChI is InChI=1S/C30H35ClN2O2S/c1-4-23(3)32-30(35)28(20-24-11-6-5-7-12-24)33(21-25-13-9-8-10-22(25)2)29(34)18-19-36-27-16-14-26(31)15-17-27/h5-17,23,28H,4,18-21H2,1-3H3,(H,32,35)/t23-,28-/m0/s1. The average molecular weight is 523 g/mol. The lowest BCUT2D eigenvalue weighted by atomic mass is 10.0. The Balaban J connectivity index is 1.86. The zero-order chi connectivity index (χ0) is 25.9. The molecule has 0 aromatic heterocycles. The molecule has 3 aromatic carbocycles.